The fourth-order valence-electron chi connectivity index (χ4n) is 3.20. The zero-order valence-corrected chi connectivity index (χ0v) is 9.65. The minimum atomic E-state index is 0.466. The van der Waals surface area contributed by atoms with Crippen molar-refractivity contribution in [1.82, 2.24) is 0 Å². The molecular formula is C14H19NO. The molecule has 1 aliphatic heterocycles. The van der Waals surface area contributed by atoms with E-state index in [-0.39, 0.29) is 0 Å². The van der Waals surface area contributed by atoms with Gasteiger partial charge in [0.25, 0.3) is 0 Å². The molecule has 0 bridgehead atoms. The van der Waals surface area contributed by atoms with E-state index in [1.807, 2.05) is 12.1 Å². The van der Waals surface area contributed by atoms with Gasteiger partial charge in [0.1, 0.15) is 5.75 Å². The highest BCUT2D eigenvalue weighted by atomic mass is 16.3. The Bertz CT molecular complexity index is 382. The average Bonchev–Trinajstić information content (AvgIpc) is 2.90. The first kappa shape index (κ1) is 10.0. The van der Waals surface area contributed by atoms with Gasteiger partial charge in [0.05, 0.1) is 5.69 Å². The van der Waals surface area contributed by atoms with Gasteiger partial charge in [-0.3, -0.25) is 0 Å². The maximum atomic E-state index is 9.93. The summed E-state index contributed by atoms with van der Waals surface area (Å²) >= 11 is 0. The molecule has 2 heteroatoms. The summed E-state index contributed by atoms with van der Waals surface area (Å²) in [5.74, 6) is 1.32. The zero-order chi connectivity index (χ0) is 11.0. The summed E-state index contributed by atoms with van der Waals surface area (Å²) in [5.41, 5.74) is 2.42. The number of hydrogen-bond acceptors (Lipinski definition) is 2. The van der Waals surface area contributed by atoms with Gasteiger partial charge in [-0.2, -0.15) is 0 Å². The third-order valence-electron chi connectivity index (χ3n) is 4.02. The number of rotatable bonds is 2. The molecule has 0 saturated heterocycles. The smallest absolute Gasteiger partial charge is 0.139 e. The second-order valence-corrected chi connectivity index (χ2v) is 5.13. The molecule has 0 spiro atoms. The van der Waals surface area contributed by atoms with Gasteiger partial charge in [0, 0.05) is 13.1 Å². The molecule has 1 aromatic carbocycles. The molecule has 1 N–H and O–H groups in total. The Kier molecular flexibility index (Phi) is 2.50. The number of hydrogen-bond donors (Lipinski definition) is 1. The molecule has 0 amide bonds. The second-order valence-electron chi connectivity index (χ2n) is 5.13. The van der Waals surface area contributed by atoms with Crippen molar-refractivity contribution in [3.8, 4) is 5.75 Å². The predicted molar refractivity (Wildman–Crippen MR) is 66.0 cm³/mol. The Morgan fingerprint density at radius 3 is 2.88 bits per heavy atom. The fraction of sp³-hybridized carbons (Fsp3) is 0.571. The van der Waals surface area contributed by atoms with Crippen LogP contribution in [0.1, 0.15) is 31.2 Å². The lowest BCUT2D eigenvalue weighted by Gasteiger charge is -2.23. The highest BCUT2D eigenvalue weighted by molar-refractivity contribution is 5.66. The highest BCUT2D eigenvalue weighted by Gasteiger charge is 2.25. The molecule has 3 rings (SSSR count). The van der Waals surface area contributed by atoms with Crippen molar-refractivity contribution in [2.45, 2.75) is 32.1 Å². The van der Waals surface area contributed by atoms with Crippen molar-refractivity contribution in [3.63, 3.8) is 0 Å². The van der Waals surface area contributed by atoms with Crippen LogP contribution in [-0.4, -0.2) is 18.2 Å². The molecule has 1 saturated carbocycles. The molecule has 86 valence electrons. The molecule has 0 atom stereocenters. The van der Waals surface area contributed by atoms with Gasteiger partial charge in [-0.05, 0) is 36.8 Å². The molecule has 2 nitrogen and oxygen atoms in total. The monoisotopic (exact) mass is 217 g/mol. The van der Waals surface area contributed by atoms with E-state index in [9.17, 15) is 5.11 Å². The molecule has 1 fully saturated rings. The van der Waals surface area contributed by atoms with E-state index >= 15 is 0 Å². The van der Waals surface area contributed by atoms with E-state index in [1.165, 1.54) is 31.2 Å². The first-order valence-electron chi connectivity index (χ1n) is 6.40. The molecule has 16 heavy (non-hydrogen) atoms. The Balaban J connectivity index is 1.79. The standard InChI is InChI=1S/C14H19NO/c16-13-7-3-6-12-8-9-15(14(12)13)10-11-4-1-2-5-11/h3,6-7,11,16H,1-2,4-5,8-10H2. The molecular weight excluding hydrogens is 198 g/mol. The van der Waals surface area contributed by atoms with Crippen LogP contribution in [-0.2, 0) is 6.42 Å². The van der Waals surface area contributed by atoms with Crippen molar-refractivity contribution in [3.05, 3.63) is 23.8 Å². The summed E-state index contributed by atoms with van der Waals surface area (Å²) in [6, 6.07) is 5.91. The number of phenols is 1. The van der Waals surface area contributed by atoms with E-state index in [4.69, 9.17) is 0 Å². The molecule has 1 aliphatic carbocycles. The van der Waals surface area contributed by atoms with E-state index in [0.29, 0.717) is 5.75 Å². The van der Waals surface area contributed by atoms with Crippen LogP contribution in [0.5, 0.6) is 5.75 Å². The van der Waals surface area contributed by atoms with E-state index in [2.05, 4.69) is 11.0 Å². The SMILES string of the molecule is Oc1cccc2c1N(CC1CCCC1)CC2. The van der Waals surface area contributed by atoms with Crippen LogP contribution >= 0.6 is 0 Å². The number of fused-ring (bicyclic) bond motifs is 1. The summed E-state index contributed by atoms with van der Waals surface area (Å²) < 4.78 is 0. The Labute approximate surface area is 96.9 Å². The van der Waals surface area contributed by atoms with Gasteiger partial charge >= 0.3 is 0 Å². The Morgan fingerprint density at radius 2 is 2.06 bits per heavy atom. The van der Waals surface area contributed by atoms with Crippen LogP contribution in [0.2, 0.25) is 0 Å². The minimum absolute atomic E-state index is 0.466. The number of para-hydroxylation sites is 1. The first-order valence-corrected chi connectivity index (χ1v) is 6.40. The minimum Gasteiger partial charge on any atom is -0.506 e. The van der Waals surface area contributed by atoms with Crippen LogP contribution < -0.4 is 4.90 Å². The number of aromatic hydroxyl groups is 1. The van der Waals surface area contributed by atoms with Crippen LogP contribution in [0.15, 0.2) is 18.2 Å². The van der Waals surface area contributed by atoms with Gasteiger partial charge in [0.15, 0.2) is 0 Å². The summed E-state index contributed by atoms with van der Waals surface area (Å²) in [4.78, 5) is 2.39. The lowest BCUT2D eigenvalue weighted by molar-refractivity contribution is 0.471. The normalized spacial score (nSPS) is 20.4. The molecule has 1 aromatic rings. The molecule has 0 radical (unpaired) electrons. The number of benzene rings is 1. The van der Waals surface area contributed by atoms with Crippen molar-refractivity contribution in [2.75, 3.05) is 18.0 Å². The van der Waals surface area contributed by atoms with E-state index in [0.717, 1.165) is 31.1 Å². The van der Waals surface area contributed by atoms with Gasteiger partial charge in [-0.1, -0.05) is 25.0 Å². The molecule has 2 aliphatic rings. The average molecular weight is 217 g/mol. The number of phenolic OH excluding ortho intramolecular Hbond substituents is 1. The topological polar surface area (TPSA) is 23.5 Å². The highest BCUT2D eigenvalue weighted by Crippen LogP contribution is 2.38. The van der Waals surface area contributed by atoms with Crippen molar-refractivity contribution in [1.29, 1.82) is 0 Å². The molecule has 1 heterocycles. The van der Waals surface area contributed by atoms with Gasteiger partial charge in [-0.15, -0.1) is 0 Å². The van der Waals surface area contributed by atoms with Crippen LogP contribution in [0.4, 0.5) is 5.69 Å². The van der Waals surface area contributed by atoms with E-state index < -0.39 is 0 Å². The molecule has 0 aromatic heterocycles. The number of anilines is 1. The van der Waals surface area contributed by atoms with Crippen molar-refractivity contribution in [2.24, 2.45) is 5.92 Å². The third kappa shape index (κ3) is 1.66. The van der Waals surface area contributed by atoms with Crippen LogP contribution in [0.3, 0.4) is 0 Å². The second kappa shape index (κ2) is 4.00. The van der Waals surface area contributed by atoms with Crippen LogP contribution in [0, 0.1) is 5.92 Å². The first-order chi connectivity index (χ1) is 7.84. The summed E-state index contributed by atoms with van der Waals surface area (Å²) in [6.45, 7) is 2.23. The molecule has 0 unspecified atom stereocenters. The summed E-state index contributed by atoms with van der Waals surface area (Å²) in [6.07, 6.45) is 6.63. The summed E-state index contributed by atoms with van der Waals surface area (Å²) in [5, 5.41) is 9.93. The Morgan fingerprint density at radius 1 is 1.25 bits per heavy atom. The van der Waals surface area contributed by atoms with Gasteiger partial charge < -0.3 is 10.0 Å². The lowest BCUT2D eigenvalue weighted by atomic mass is 10.1. The number of nitrogens with zero attached hydrogens (tertiary/aromatic N) is 1. The zero-order valence-electron chi connectivity index (χ0n) is 9.65. The Hall–Kier alpha value is -1.18. The largest absolute Gasteiger partial charge is 0.506 e. The fourth-order valence-corrected chi connectivity index (χ4v) is 3.20. The van der Waals surface area contributed by atoms with Crippen LogP contribution in [0.25, 0.3) is 0 Å². The van der Waals surface area contributed by atoms with E-state index in [1.54, 1.807) is 0 Å². The van der Waals surface area contributed by atoms with Crippen molar-refractivity contribution < 1.29 is 5.11 Å². The van der Waals surface area contributed by atoms with Gasteiger partial charge in [0.2, 0.25) is 0 Å². The maximum absolute atomic E-state index is 9.93. The lowest BCUT2D eigenvalue weighted by Crippen LogP contribution is -2.26. The third-order valence-corrected chi connectivity index (χ3v) is 4.02. The predicted octanol–water partition coefficient (Wildman–Crippen LogP) is 2.94. The summed E-state index contributed by atoms with van der Waals surface area (Å²) in [7, 11) is 0. The van der Waals surface area contributed by atoms with Crippen molar-refractivity contribution >= 4 is 5.69 Å². The van der Waals surface area contributed by atoms with Gasteiger partial charge in [-0.25, -0.2) is 0 Å². The quantitative estimate of drug-likeness (QED) is 0.823. The maximum Gasteiger partial charge on any atom is 0.139 e.